The summed E-state index contributed by atoms with van der Waals surface area (Å²) in [7, 11) is 1.62. The number of hydrogen-bond donors (Lipinski definition) is 1. The first-order valence-electron chi connectivity index (χ1n) is 5.83. The van der Waals surface area contributed by atoms with E-state index in [1.807, 2.05) is 35.7 Å². The van der Waals surface area contributed by atoms with E-state index in [1.54, 1.807) is 7.11 Å². The zero-order valence-electron chi connectivity index (χ0n) is 10.6. The minimum Gasteiger partial charge on any atom is -0.497 e. The molecule has 0 radical (unpaired) electrons. The Labute approximate surface area is 124 Å². The molecule has 0 fully saturated rings. The second kappa shape index (κ2) is 5.19. The molecule has 0 bridgehead atoms. The third-order valence-corrected chi connectivity index (χ3v) is 4.26. The van der Waals surface area contributed by atoms with Gasteiger partial charge in [-0.05, 0) is 29.1 Å². The lowest BCUT2D eigenvalue weighted by Gasteiger charge is -2.04. The highest BCUT2D eigenvalue weighted by Crippen LogP contribution is 2.42. The molecule has 0 aliphatic rings. The van der Waals surface area contributed by atoms with Crippen LogP contribution in [-0.2, 0) is 0 Å². The number of thiophene rings is 1. The van der Waals surface area contributed by atoms with Crippen LogP contribution in [0.2, 0.25) is 5.02 Å². The van der Waals surface area contributed by atoms with Gasteiger partial charge < -0.3 is 15.0 Å². The molecule has 1 aromatic carbocycles. The van der Waals surface area contributed by atoms with E-state index in [0.29, 0.717) is 10.7 Å². The molecule has 6 heteroatoms. The monoisotopic (exact) mass is 306 g/mol. The summed E-state index contributed by atoms with van der Waals surface area (Å²) in [6, 6.07) is 9.39. The first-order chi connectivity index (χ1) is 9.70. The number of rotatable bonds is 3. The zero-order valence-corrected chi connectivity index (χ0v) is 12.2. The maximum Gasteiger partial charge on any atom is 0.230 e. The van der Waals surface area contributed by atoms with Crippen LogP contribution in [0.25, 0.3) is 21.7 Å². The Morgan fingerprint density at radius 3 is 2.90 bits per heavy atom. The topological polar surface area (TPSA) is 61.3 Å². The molecule has 0 saturated heterocycles. The third-order valence-electron chi connectivity index (χ3n) is 2.91. The van der Waals surface area contributed by atoms with Gasteiger partial charge in [-0.15, -0.1) is 11.3 Å². The zero-order chi connectivity index (χ0) is 14.1. The summed E-state index contributed by atoms with van der Waals surface area (Å²) in [5, 5.41) is 6.57. The van der Waals surface area contributed by atoms with Gasteiger partial charge in [-0.2, -0.15) is 0 Å². The van der Waals surface area contributed by atoms with Crippen LogP contribution in [0, 0.1) is 0 Å². The van der Waals surface area contributed by atoms with E-state index >= 15 is 0 Å². The quantitative estimate of drug-likeness (QED) is 0.783. The Kier molecular flexibility index (Phi) is 3.38. The van der Waals surface area contributed by atoms with E-state index in [1.165, 1.54) is 11.3 Å². The number of ether oxygens (including phenoxy) is 1. The van der Waals surface area contributed by atoms with Crippen molar-refractivity contribution in [2.45, 2.75) is 0 Å². The van der Waals surface area contributed by atoms with Crippen LogP contribution in [0.1, 0.15) is 0 Å². The number of benzene rings is 1. The minimum atomic E-state index is 0.262. The van der Waals surface area contributed by atoms with Crippen molar-refractivity contribution in [1.82, 2.24) is 5.16 Å². The number of hydrogen-bond acceptors (Lipinski definition) is 5. The molecule has 0 unspecified atom stereocenters. The van der Waals surface area contributed by atoms with Gasteiger partial charge in [0.1, 0.15) is 11.4 Å². The molecule has 20 heavy (non-hydrogen) atoms. The highest BCUT2D eigenvalue weighted by atomic mass is 35.5. The van der Waals surface area contributed by atoms with Crippen LogP contribution in [0.15, 0.2) is 40.2 Å². The molecule has 0 atom stereocenters. The fourth-order valence-corrected chi connectivity index (χ4v) is 3.11. The van der Waals surface area contributed by atoms with Crippen LogP contribution in [0.4, 0.5) is 5.88 Å². The van der Waals surface area contributed by atoms with Gasteiger partial charge in [0.15, 0.2) is 0 Å². The lowest BCUT2D eigenvalue weighted by molar-refractivity contribution is 0.415. The van der Waals surface area contributed by atoms with Crippen molar-refractivity contribution in [3.63, 3.8) is 0 Å². The largest absolute Gasteiger partial charge is 0.497 e. The van der Waals surface area contributed by atoms with Crippen molar-refractivity contribution in [2.75, 3.05) is 12.8 Å². The van der Waals surface area contributed by atoms with Gasteiger partial charge in [-0.1, -0.05) is 28.9 Å². The van der Waals surface area contributed by atoms with Gasteiger partial charge in [-0.25, -0.2) is 0 Å². The van der Waals surface area contributed by atoms with Crippen molar-refractivity contribution in [2.24, 2.45) is 0 Å². The van der Waals surface area contributed by atoms with E-state index in [0.717, 1.165) is 21.8 Å². The van der Waals surface area contributed by atoms with E-state index in [4.69, 9.17) is 26.6 Å². The fraction of sp³-hybridized carbons (Fsp3) is 0.0714. The molecule has 4 nitrogen and oxygen atoms in total. The summed E-state index contributed by atoms with van der Waals surface area (Å²) in [5.41, 5.74) is 8.17. The van der Waals surface area contributed by atoms with Crippen LogP contribution in [0.3, 0.4) is 0 Å². The van der Waals surface area contributed by atoms with Gasteiger partial charge in [0, 0.05) is 0 Å². The van der Waals surface area contributed by atoms with Crippen molar-refractivity contribution >= 4 is 28.8 Å². The number of anilines is 1. The fourth-order valence-electron chi connectivity index (χ4n) is 1.98. The Hall–Kier alpha value is -1.98. The maximum atomic E-state index is 6.16. The molecular weight excluding hydrogens is 296 g/mol. The molecule has 0 aliphatic carbocycles. The number of nitrogens with zero attached hydrogens (tertiary/aromatic N) is 1. The van der Waals surface area contributed by atoms with E-state index in [9.17, 15) is 0 Å². The van der Waals surface area contributed by atoms with Gasteiger partial charge in [0.05, 0.1) is 22.6 Å². The van der Waals surface area contributed by atoms with Gasteiger partial charge >= 0.3 is 0 Å². The predicted molar refractivity (Wildman–Crippen MR) is 81.2 cm³/mol. The molecule has 0 saturated carbocycles. The highest BCUT2D eigenvalue weighted by molar-refractivity contribution is 7.14. The average Bonchev–Trinajstić information content (AvgIpc) is 3.04. The molecule has 2 N–H and O–H groups in total. The molecule has 102 valence electrons. The Balaban J connectivity index is 2.19. The summed E-state index contributed by atoms with van der Waals surface area (Å²) in [5.74, 6) is 1.00. The summed E-state index contributed by atoms with van der Waals surface area (Å²) < 4.78 is 10.4. The summed E-state index contributed by atoms with van der Waals surface area (Å²) in [6.45, 7) is 0. The molecule has 0 spiro atoms. The number of methoxy groups -OCH3 is 1. The number of halogens is 1. The highest BCUT2D eigenvalue weighted by Gasteiger charge is 2.20. The van der Waals surface area contributed by atoms with Crippen molar-refractivity contribution < 1.29 is 9.26 Å². The number of aromatic nitrogens is 1. The molecule has 0 aliphatic heterocycles. The van der Waals surface area contributed by atoms with Crippen LogP contribution >= 0.6 is 22.9 Å². The second-order valence-corrected chi connectivity index (χ2v) is 5.42. The molecular formula is C14H11ClN2O2S. The van der Waals surface area contributed by atoms with Crippen molar-refractivity contribution in [3.05, 3.63) is 40.7 Å². The van der Waals surface area contributed by atoms with Crippen LogP contribution < -0.4 is 10.5 Å². The first kappa shape index (κ1) is 13.0. The van der Waals surface area contributed by atoms with Crippen molar-refractivity contribution in [1.29, 1.82) is 0 Å². The molecule has 2 heterocycles. The standard InChI is InChI=1S/C14H11ClN2O2S/c1-18-9-4-2-3-8(7-9)11-12(17-19-14(11)16)13-10(15)5-6-20-13/h2-7H,16H2,1H3. The normalized spacial score (nSPS) is 10.7. The van der Waals surface area contributed by atoms with Crippen LogP contribution in [0.5, 0.6) is 5.75 Å². The van der Waals surface area contributed by atoms with Crippen LogP contribution in [-0.4, -0.2) is 12.3 Å². The van der Waals surface area contributed by atoms with Gasteiger partial charge in [0.25, 0.3) is 0 Å². The maximum absolute atomic E-state index is 6.16. The predicted octanol–water partition coefficient (Wildman–Crippen LogP) is 4.31. The van der Waals surface area contributed by atoms with Crippen molar-refractivity contribution in [3.8, 4) is 27.4 Å². The number of nitrogen functional groups attached to an aromatic ring is 1. The summed E-state index contributed by atoms with van der Waals surface area (Å²) in [6.07, 6.45) is 0. The molecule has 3 aromatic rings. The summed E-state index contributed by atoms with van der Waals surface area (Å²) in [4.78, 5) is 0.838. The lowest BCUT2D eigenvalue weighted by atomic mass is 10.0. The van der Waals surface area contributed by atoms with E-state index in [-0.39, 0.29) is 5.88 Å². The lowest BCUT2D eigenvalue weighted by Crippen LogP contribution is -1.88. The smallest absolute Gasteiger partial charge is 0.230 e. The molecule has 2 aromatic heterocycles. The van der Waals surface area contributed by atoms with E-state index < -0.39 is 0 Å². The number of nitrogens with two attached hydrogens (primary N) is 1. The Morgan fingerprint density at radius 1 is 1.35 bits per heavy atom. The minimum absolute atomic E-state index is 0.262. The SMILES string of the molecule is COc1cccc(-c2c(-c3sccc3Cl)noc2N)c1. The van der Waals surface area contributed by atoms with E-state index in [2.05, 4.69) is 5.16 Å². The van der Waals surface area contributed by atoms with Gasteiger partial charge in [0.2, 0.25) is 5.88 Å². The Morgan fingerprint density at radius 2 is 2.20 bits per heavy atom. The first-order valence-corrected chi connectivity index (χ1v) is 7.09. The third kappa shape index (κ3) is 2.15. The Bertz CT molecular complexity index is 751. The molecule has 0 amide bonds. The average molecular weight is 307 g/mol. The molecule has 3 rings (SSSR count). The van der Waals surface area contributed by atoms with Gasteiger partial charge in [-0.3, -0.25) is 0 Å². The second-order valence-electron chi connectivity index (χ2n) is 4.10. The summed E-state index contributed by atoms with van der Waals surface area (Å²) >= 11 is 7.66.